The second-order valence-corrected chi connectivity index (χ2v) is 5.28. The number of benzene rings is 2. The van der Waals surface area contributed by atoms with Crippen molar-refractivity contribution in [3.8, 4) is 0 Å². The Bertz CT molecular complexity index is 706. The van der Waals surface area contributed by atoms with Crippen LogP contribution < -0.4 is 5.32 Å². The van der Waals surface area contributed by atoms with Crippen LogP contribution in [0.1, 0.15) is 28.4 Å². The fourth-order valence-electron chi connectivity index (χ4n) is 2.10. The number of hydrogen-bond acceptors (Lipinski definition) is 3. The van der Waals surface area contributed by atoms with Crippen molar-refractivity contribution in [1.82, 2.24) is 5.32 Å². The van der Waals surface area contributed by atoms with Gasteiger partial charge in [0.25, 0.3) is 5.91 Å². The Kier molecular flexibility index (Phi) is 5.71. The Morgan fingerprint density at radius 1 is 1.22 bits per heavy atom. The molecule has 23 heavy (non-hydrogen) atoms. The molecule has 1 amide bonds. The van der Waals surface area contributed by atoms with E-state index in [4.69, 9.17) is 11.6 Å². The Labute approximate surface area is 138 Å². The second-order valence-electron chi connectivity index (χ2n) is 4.84. The van der Waals surface area contributed by atoms with E-state index in [0.29, 0.717) is 5.56 Å². The third-order valence-corrected chi connectivity index (χ3v) is 3.51. The fourth-order valence-corrected chi connectivity index (χ4v) is 2.27. The first-order valence-corrected chi connectivity index (χ1v) is 7.26. The molecule has 0 saturated carbocycles. The number of esters is 1. The van der Waals surface area contributed by atoms with Gasteiger partial charge in [-0.05, 0) is 23.8 Å². The average molecular weight is 336 g/mol. The molecule has 0 heterocycles. The summed E-state index contributed by atoms with van der Waals surface area (Å²) in [6.45, 7) is 0. The molecule has 0 aromatic heterocycles. The molecular weight excluding hydrogens is 321 g/mol. The van der Waals surface area contributed by atoms with Crippen molar-refractivity contribution in [3.63, 3.8) is 0 Å². The molecule has 2 rings (SSSR count). The predicted molar refractivity (Wildman–Crippen MR) is 84.7 cm³/mol. The van der Waals surface area contributed by atoms with E-state index in [1.165, 1.54) is 19.2 Å². The van der Waals surface area contributed by atoms with E-state index < -0.39 is 23.7 Å². The number of nitrogens with one attached hydrogen (secondary N) is 1. The number of carbonyl (C=O) groups is 2. The number of ether oxygens (including phenoxy) is 1. The minimum Gasteiger partial charge on any atom is -0.469 e. The molecule has 0 aliphatic heterocycles. The fraction of sp³-hybridized carbons (Fsp3) is 0.176. The summed E-state index contributed by atoms with van der Waals surface area (Å²) in [5, 5.41) is 2.90. The lowest BCUT2D eigenvalue weighted by atomic mass is 10.0. The van der Waals surface area contributed by atoms with Crippen molar-refractivity contribution in [2.24, 2.45) is 0 Å². The van der Waals surface area contributed by atoms with Crippen LogP contribution in [0.15, 0.2) is 48.5 Å². The van der Waals surface area contributed by atoms with Gasteiger partial charge in [0.05, 0.1) is 25.1 Å². The maximum atomic E-state index is 13.8. The molecular formula is C17H15ClFNO3. The number of hydrogen-bond donors (Lipinski definition) is 1. The van der Waals surface area contributed by atoms with Crippen LogP contribution in [0.2, 0.25) is 5.02 Å². The standard InChI is InChI=1S/C17H15ClFNO3/c1-23-16(21)10-15(11-5-3-2-4-6-11)20-17(22)13-9-12(18)7-8-14(13)19/h2-9,15H,10H2,1H3,(H,20,22)/t15-/m0/s1. The van der Waals surface area contributed by atoms with Crippen LogP contribution in [0.25, 0.3) is 0 Å². The van der Waals surface area contributed by atoms with Gasteiger partial charge >= 0.3 is 5.97 Å². The summed E-state index contributed by atoms with van der Waals surface area (Å²) in [6.07, 6.45) is -0.0611. The van der Waals surface area contributed by atoms with Crippen LogP contribution in [-0.4, -0.2) is 19.0 Å². The Morgan fingerprint density at radius 2 is 1.91 bits per heavy atom. The van der Waals surface area contributed by atoms with Gasteiger partial charge in [-0.2, -0.15) is 0 Å². The number of carbonyl (C=O) groups excluding carboxylic acids is 2. The third-order valence-electron chi connectivity index (χ3n) is 3.28. The van der Waals surface area contributed by atoms with Crippen LogP contribution in [-0.2, 0) is 9.53 Å². The van der Waals surface area contributed by atoms with E-state index in [1.54, 1.807) is 24.3 Å². The minimum atomic E-state index is -0.684. The van der Waals surface area contributed by atoms with E-state index in [-0.39, 0.29) is 17.0 Å². The lowest BCUT2D eigenvalue weighted by Gasteiger charge is -2.18. The van der Waals surface area contributed by atoms with Gasteiger partial charge in [0, 0.05) is 5.02 Å². The molecule has 0 saturated heterocycles. The maximum Gasteiger partial charge on any atom is 0.307 e. The van der Waals surface area contributed by atoms with E-state index in [2.05, 4.69) is 10.1 Å². The summed E-state index contributed by atoms with van der Waals surface area (Å²) in [6, 6.07) is 12.0. The molecule has 2 aromatic carbocycles. The van der Waals surface area contributed by atoms with Gasteiger partial charge in [-0.25, -0.2) is 4.39 Å². The Balaban J connectivity index is 2.25. The zero-order chi connectivity index (χ0) is 16.8. The van der Waals surface area contributed by atoms with Gasteiger partial charge < -0.3 is 10.1 Å². The molecule has 0 aliphatic rings. The summed E-state index contributed by atoms with van der Waals surface area (Å²) >= 11 is 5.80. The molecule has 6 heteroatoms. The van der Waals surface area contributed by atoms with E-state index in [0.717, 1.165) is 6.07 Å². The normalized spacial score (nSPS) is 11.6. The van der Waals surface area contributed by atoms with Gasteiger partial charge in [0.15, 0.2) is 0 Å². The summed E-state index contributed by atoms with van der Waals surface area (Å²) in [7, 11) is 1.27. The van der Waals surface area contributed by atoms with Gasteiger partial charge in [0.1, 0.15) is 5.82 Å². The lowest BCUT2D eigenvalue weighted by Crippen LogP contribution is -2.31. The lowest BCUT2D eigenvalue weighted by molar-refractivity contribution is -0.141. The number of rotatable bonds is 5. The minimum absolute atomic E-state index is 0.0611. The van der Waals surface area contributed by atoms with Crippen molar-refractivity contribution < 1.29 is 18.7 Å². The Hall–Kier alpha value is -2.40. The largest absolute Gasteiger partial charge is 0.469 e. The zero-order valence-electron chi connectivity index (χ0n) is 12.4. The molecule has 0 fully saturated rings. The van der Waals surface area contributed by atoms with Gasteiger partial charge in [-0.1, -0.05) is 41.9 Å². The molecule has 0 bridgehead atoms. The van der Waals surface area contributed by atoms with Crippen LogP contribution in [0.3, 0.4) is 0 Å². The first kappa shape index (κ1) is 17.0. The molecule has 0 radical (unpaired) electrons. The van der Waals surface area contributed by atoms with Crippen molar-refractivity contribution in [1.29, 1.82) is 0 Å². The molecule has 120 valence electrons. The van der Waals surface area contributed by atoms with E-state index in [9.17, 15) is 14.0 Å². The number of amides is 1. The first-order valence-electron chi connectivity index (χ1n) is 6.89. The van der Waals surface area contributed by atoms with Crippen LogP contribution in [0.5, 0.6) is 0 Å². The van der Waals surface area contributed by atoms with Crippen molar-refractivity contribution in [2.45, 2.75) is 12.5 Å². The second kappa shape index (κ2) is 7.74. The first-order chi connectivity index (χ1) is 11.0. The molecule has 0 unspecified atom stereocenters. The monoisotopic (exact) mass is 335 g/mol. The molecule has 4 nitrogen and oxygen atoms in total. The van der Waals surface area contributed by atoms with Crippen molar-refractivity contribution in [2.75, 3.05) is 7.11 Å². The average Bonchev–Trinajstić information content (AvgIpc) is 2.57. The van der Waals surface area contributed by atoms with Gasteiger partial charge in [0.2, 0.25) is 0 Å². The van der Waals surface area contributed by atoms with Gasteiger partial charge in [-0.15, -0.1) is 0 Å². The smallest absolute Gasteiger partial charge is 0.307 e. The molecule has 0 aliphatic carbocycles. The summed E-state index contributed by atoms with van der Waals surface area (Å²) in [4.78, 5) is 23.9. The third kappa shape index (κ3) is 4.53. The topological polar surface area (TPSA) is 55.4 Å². The van der Waals surface area contributed by atoms with Gasteiger partial charge in [-0.3, -0.25) is 9.59 Å². The summed E-state index contributed by atoms with van der Waals surface area (Å²) in [5.41, 5.74) is 0.539. The highest BCUT2D eigenvalue weighted by atomic mass is 35.5. The van der Waals surface area contributed by atoms with Crippen LogP contribution in [0.4, 0.5) is 4.39 Å². The quantitative estimate of drug-likeness (QED) is 0.851. The zero-order valence-corrected chi connectivity index (χ0v) is 13.1. The SMILES string of the molecule is COC(=O)C[C@H](NC(=O)c1cc(Cl)ccc1F)c1ccccc1. The number of halogens is 2. The Morgan fingerprint density at radius 3 is 2.57 bits per heavy atom. The number of methoxy groups -OCH3 is 1. The van der Waals surface area contributed by atoms with Crippen molar-refractivity contribution in [3.05, 3.63) is 70.5 Å². The highest BCUT2D eigenvalue weighted by molar-refractivity contribution is 6.31. The summed E-state index contributed by atoms with van der Waals surface area (Å²) < 4.78 is 18.4. The molecule has 0 spiro atoms. The van der Waals surface area contributed by atoms with E-state index in [1.807, 2.05) is 6.07 Å². The predicted octanol–water partition coefficient (Wildman–Crippen LogP) is 3.51. The highest BCUT2D eigenvalue weighted by Gasteiger charge is 2.21. The summed E-state index contributed by atoms with van der Waals surface area (Å²) in [5.74, 6) is -1.81. The molecule has 1 atom stereocenters. The molecule has 1 N–H and O–H groups in total. The highest BCUT2D eigenvalue weighted by Crippen LogP contribution is 2.20. The van der Waals surface area contributed by atoms with Crippen LogP contribution >= 0.6 is 11.6 Å². The van der Waals surface area contributed by atoms with Crippen molar-refractivity contribution >= 4 is 23.5 Å². The van der Waals surface area contributed by atoms with Crippen LogP contribution in [0, 0.1) is 5.82 Å². The molecule has 2 aromatic rings. The van der Waals surface area contributed by atoms with E-state index >= 15 is 0 Å². The maximum absolute atomic E-state index is 13.8.